The second kappa shape index (κ2) is 12.8. The van der Waals surface area contributed by atoms with E-state index in [1.54, 1.807) is 0 Å². The molecule has 1 aliphatic rings. The third-order valence-electron chi connectivity index (χ3n) is 11.0. The lowest BCUT2D eigenvalue weighted by atomic mass is 10.1. The predicted molar refractivity (Wildman–Crippen MR) is 234 cm³/mol. The van der Waals surface area contributed by atoms with Crippen molar-refractivity contribution >= 4 is 68.4 Å². The number of para-hydroxylation sites is 3. The number of aromatic nitrogens is 4. The highest BCUT2D eigenvalue weighted by Crippen LogP contribution is 2.49. The van der Waals surface area contributed by atoms with E-state index in [1.807, 2.05) is 48.5 Å². The number of hydrogen-bond donors (Lipinski definition) is 0. The Bertz CT molecular complexity index is 3170. The summed E-state index contributed by atoms with van der Waals surface area (Å²) in [6, 6.07) is 56.7. The molecule has 1 atom stereocenters. The molecule has 0 saturated carbocycles. The highest BCUT2D eigenvalue weighted by Gasteiger charge is 2.34. The lowest BCUT2D eigenvalue weighted by Crippen LogP contribution is -2.39. The zero-order valence-corrected chi connectivity index (χ0v) is 32.7. The van der Waals surface area contributed by atoms with Gasteiger partial charge in [0.25, 0.3) is 0 Å². The van der Waals surface area contributed by atoms with Gasteiger partial charge in [-0.05, 0) is 47.7 Å². The second-order valence-corrected chi connectivity index (χ2v) is 20.7. The normalized spacial score (nSPS) is 14.2. The van der Waals surface area contributed by atoms with E-state index in [9.17, 15) is 0 Å². The summed E-state index contributed by atoms with van der Waals surface area (Å²) in [6.45, 7) is 7.09. The first-order chi connectivity index (χ1) is 27.9. The van der Waals surface area contributed by atoms with E-state index in [-0.39, 0.29) is 6.23 Å². The summed E-state index contributed by atoms with van der Waals surface area (Å²) in [7, 11) is -1.80. The Kier molecular flexibility index (Phi) is 7.46. The number of ether oxygens (including phenoxy) is 1. The van der Waals surface area contributed by atoms with Crippen LogP contribution in [0.5, 0.6) is 5.75 Å². The van der Waals surface area contributed by atoms with E-state index in [0.29, 0.717) is 17.6 Å². The molecule has 0 saturated heterocycles. The van der Waals surface area contributed by atoms with Crippen molar-refractivity contribution < 1.29 is 9.15 Å². The highest BCUT2D eigenvalue weighted by molar-refractivity contribution is 6.89. The minimum absolute atomic E-state index is 0.331. The van der Waals surface area contributed by atoms with Gasteiger partial charge in [0.2, 0.25) is 12.2 Å². The number of nitrogens with zero attached hydrogens (tertiary/aromatic N) is 5. The van der Waals surface area contributed by atoms with Crippen molar-refractivity contribution in [3.05, 3.63) is 169 Å². The Hall–Kier alpha value is -7.03. The third kappa shape index (κ3) is 5.36. The maximum Gasteiger partial charge on any atom is 0.238 e. The molecule has 1 unspecified atom stereocenters. The van der Waals surface area contributed by atoms with Gasteiger partial charge in [-0.15, -0.1) is 0 Å². The molecule has 0 amide bonds. The molecule has 7 aromatic carbocycles. The van der Waals surface area contributed by atoms with E-state index < -0.39 is 8.07 Å². The van der Waals surface area contributed by atoms with E-state index in [1.165, 1.54) is 5.19 Å². The van der Waals surface area contributed by atoms with E-state index in [2.05, 4.69) is 144 Å². The standard InChI is InChI=1S/C49H37N5O2Si/c1-57(2,3)43-25-15-11-21-37(43)47-50-46(31-16-6-4-7-17-31)51-49(52-47)54-39-29-26-33(53-40-22-12-14-24-42(40)56-48(53)32-18-8-5-9-19-32)30-38(39)35-27-28-36-34-20-10-13-23-41(34)55-45(36)44(35)54/h4-30,48H,1-3H3. The van der Waals surface area contributed by atoms with Gasteiger partial charge in [0.15, 0.2) is 17.2 Å². The zero-order chi connectivity index (χ0) is 38.3. The smallest absolute Gasteiger partial charge is 0.238 e. The van der Waals surface area contributed by atoms with Crippen molar-refractivity contribution in [3.8, 4) is 34.5 Å². The molecule has 3 aromatic heterocycles. The Morgan fingerprint density at radius 1 is 0.579 bits per heavy atom. The molecular weight excluding hydrogens is 719 g/mol. The summed E-state index contributed by atoms with van der Waals surface area (Å²) in [5.74, 6) is 2.64. The number of anilines is 2. The molecule has 0 radical (unpaired) electrons. The maximum absolute atomic E-state index is 6.79. The van der Waals surface area contributed by atoms with Crippen molar-refractivity contribution in [2.45, 2.75) is 25.9 Å². The molecule has 274 valence electrons. The lowest BCUT2D eigenvalue weighted by Gasteiger charge is -2.26. The largest absolute Gasteiger partial charge is 0.464 e. The molecule has 0 spiro atoms. The topological polar surface area (TPSA) is 69.2 Å². The number of rotatable bonds is 6. The average molecular weight is 756 g/mol. The molecule has 0 N–H and O–H groups in total. The number of hydrogen-bond acceptors (Lipinski definition) is 6. The van der Waals surface area contributed by atoms with Gasteiger partial charge in [0.05, 0.1) is 19.3 Å². The third-order valence-corrected chi connectivity index (χ3v) is 13.1. The minimum Gasteiger partial charge on any atom is -0.464 e. The summed E-state index contributed by atoms with van der Waals surface area (Å²) < 4.78 is 15.6. The molecule has 0 bridgehead atoms. The van der Waals surface area contributed by atoms with Crippen molar-refractivity contribution in [1.82, 2.24) is 19.5 Å². The summed E-state index contributed by atoms with van der Waals surface area (Å²) in [5.41, 5.74) is 8.54. The van der Waals surface area contributed by atoms with Crippen molar-refractivity contribution in [1.29, 1.82) is 0 Å². The lowest BCUT2D eigenvalue weighted by molar-refractivity contribution is 0.240. The van der Waals surface area contributed by atoms with Crippen LogP contribution in [0.3, 0.4) is 0 Å². The molecule has 0 aliphatic carbocycles. The molecule has 1 aliphatic heterocycles. The van der Waals surface area contributed by atoms with Gasteiger partial charge in [0, 0.05) is 43.9 Å². The first-order valence-corrected chi connectivity index (χ1v) is 22.8. The summed E-state index contributed by atoms with van der Waals surface area (Å²) in [4.78, 5) is 18.1. The molecule has 11 rings (SSSR count). The van der Waals surface area contributed by atoms with Crippen molar-refractivity contribution in [2.24, 2.45) is 0 Å². The monoisotopic (exact) mass is 755 g/mol. The summed E-state index contributed by atoms with van der Waals surface area (Å²) in [6.07, 6.45) is -0.331. The van der Waals surface area contributed by atoms with Gasteiger partial charge < -0.3 is 9.15 Å². The van der Waals surface area contributed by atoms with Gasteiger partial charge >= 0.3 is 0 Å². The van der Waals surface area contributed by atoms with E-state index in [0.717, 1.165) is 77.6 Å². The number of fused-ring (bicyclic) bond motifs is 8. The average Bonchev–Trinajstić information content (AvgIpc) is 3.93. The zero-order valence-electron chi connectivity index (χ0n) is 31.7. The SMILES string of the molecule is C[Si](C)(C)c1ccccc1-c1nc(-c2ccccc2)nc(-n2c3ccc(N4c5ccccc5OC4c4ccccc4)cc3c3ccc4c5ccccc5oc4c32)n1. The molecule has 7 nitrogen and oxygen atoms in total. The van der Waals surface area contributed by atoms with Gasteiger partial charge in [0.1, 0.15) is 16.8 Å². The maximum atomic E-state index is 6.79. The number of furan rings is 1. The Balaban J connectivity index is 1.22. The van der Waals surface area contributed by atoms with Crippen molar-refractivity contribution in [2.75, 3.05) is 4.90 Å². The first-order valence-electron chi connectivity index (χ1n) is 19.3. The van der Waals surface area contributed by atoms with Gasteiger partial charge in [-0.25, -0.2) is 4.98 Å². The van der Waals surface area contributed by atoms with Crippen LogP contribution in [-0.4, -0.2) is 27.6 Å². The van der Waals surface area contributed by atoms with Crippen molar-refractivity contribution in [3.63, 3.8) is 0 Å². The molecule has 8 heteroatoms. The fourth-order valence-electron chi connectivity index (χ4n) is 8.42. The van der Waals surface area contributed by atoms with Crippen LogP contribution in [0.2, 0.25) is 19.6 Å². The Morgan fingerprint density at radius 2 is 1.28 bits per heavy atom. The molecule has 0 fully saturated rings. The van der Waals surface area contributed by atoms with Crippen LogP contribution in [0.25, 0.3) is 72.5 Å². The molecule has 57 heavy (non-hydrogen) atoms. The van der Waals surface area contributed by atoms with Gasteiger partial charge in [-0.3, -0.25) is 9.47 Å². The van der Waals surface area contributed by atoms with E-state index in [4.69, 9.17) is 24.1 Å². The van der Waals surface area contributed by atoms with Crippen LogP contribution in [0.1, 0.15) is 11.8 Å². The predicted octanol–water partition coefficient (Wildman–Crippen LogP) is 12.0. The van der Waals surface area contributed by atoms with Crippen LogP contribution < -0.4 is 14.8 Å². The van der Waals surface area contributed by atoms with Crippen LogP contribution in [0, 0.1) is 0 Å². The molecular formula is C49H37N5O2Si. The van der Waals surface area contributed by atoms with Crippen LogP contribution >= 0.6 is 0 Å². The fraction of sp³-hybridized carbons (Fsp3) is 0.0816. The fourth-order valence-corrected chi connectivity index (χ4v) is 10.0. The highest BCUT2D eigenvalue weighted by atomic mass is 28.3. The number of benzene rings is 7. The quantitative estimate of drug-likeness (QED) is 0.157. The summed E-state index contributed by atoms with van der Waals surface area (Å²) in [5, 5.41) is 5.48. The molecule has 10 aromatic rings. The second-order valence-electron chi connectivity index (χ2n) is 15.6. The van der Waals surface area contributed by atoms with Crippen LogP contribution in [0.15, 0.2) is 168 Å². The summed E-state index contributed by atoms with van der Waals surface area (Å²) >= 11 is 0. The minimum atomic E-state index is -1.80. The van der Waals surface area contributed by atoms with Gasteiger partial charge in [-0.2, -0.15) is 9.97 Å². The Morgan fingerprint density at radius 3 is 2.12 bits per heavy atom. The first kappa shape index (κ1) is 33.3. The molecule has 4 heterocycles. The van der Waals surface area contributed by atoms with Crippen LogP contribution in [-0.2, 0) is 0 Å². The van der Waals surface area contributed by atoms with Crippen LogP contribution in [0.4, 0.5) is 11.4 Å². The van der Waals surface area contributed by atoms with Gasteiger partial charge in [-0.1, -0.05) is 141 Å². The Labute approximate surface area is 330 Å². The van der Waals surface area contributed by atoms with E-state index >= 15 is 0 Å².